The summed E-state index contributed by atoms with van der Waals surface area (Å²) in [7, 11) is 0. The van der Waals surface area contributed by atoms with Crippen molar-refractivity contribution in [2.75, 3.05) is 13.1 Å². The minimum absolute atomic E-state index is 0.144. The Balaban J connectivity index is 1.41. The molecule has 4 rings (SSSR count). The van der Waals surface area contributed by atoms with Gasteiger partial charge in [-0.05, 0) is 24.8 Å². The quantitative estimate of drug-likeness (QED) is 0.682. The number of hydrogen-bond acceptors (Lipinski definition) is 8. The van der Waals surface area contributed by atoms with Crippen molar-refractivity contribution in [1.29, 1.82) is 0 Å². The van der Waals surface area contributed by atoms with Crippen molar-refractivity contribution in [3.8, 4) is 11.5 Å². The number of amides is 1. The van der Waals surface area contributed by atoms with Crippen LogP contribution in [0.4, 0.5) is 0 Å². The number of nitrogens with zero attached hydrogens (tertiary/aromatic N) is 5. The standard InChI is InChI=1S/C18H17N5O4/c24-16-4-3-13(11-26-16)18(25)23-7-1-2-12(10-23)8-15-21-17(22-27-15)14-9-19-5-6-20-14/h3-6,9,11-12H,1-2,7-8,10H2. The molecule has 0 aromatic carbocycles. The molecule has 1 fully saturated rings. The summed E-state index contributed by atoms with van der Waals surface area (Å²) in [5, 5.41) is 3.95. The fraction of sp³-hybridized carbons (Fsp3) is 0.333. The summed E-state index contributed by atoms with van der Waals surface area (Å²) in [4.78, 5) is 37.9. The van der Waals surface area contributed by atoms with E-state index in [4.69, 9.17) is 8.94 Å². The Morgan fingerprint density at radius 1 is 1.30 bits per heavy atom. The maximum atomic E-state index is 12.6. The lowest BCUT2D eigenvalue weighted by molar-refractivity contribution is 0.0665. The molecule has 9 heteroatoms. The van der Waals surface area contributed by atoms with Crippen LogP contribution in [0.2, 0.25) is 0 Å². The van der Waals surface area contributed by atoms with Gasteiger partial charge < -0.3 is 13.8 Å². The lowest BCUT2D eigenvalue weighted by Crippen LogP contribution is -2.40. The highest BCUT2D eigenvalue weighted by molar-refractivity contribution is 5.93. The second kappa shape index (κ2) is 7.48. The van der Waals surface area contributed by atoms with Gasteiger partial charge in [0.15, 0.2) is 0 Å². The van der Waals surface area contributed by atoms with Crippen LogP contribution in [0, 0.1) is 5.92 Å². The summed E-state index contributed by atoms with van der Waals surface area (Å²) in [5.41, 5.74) is 0.454. The van der Waals surface area contributed by atoms with Gasteiger partial charge in [-0.1, -0.05) is 5.16 Å². The molecule has 1 amide bonds. The Morgan fingerprint density at radius 2 is 2.22 bits per heavy atom. The topological polar surface area (TPSA) is 115 Å². The highest BCUT2D eigenvalue weighted by Gasteiger charge is 2.26. The van der Waals surface area contributed by atoms with E-state index in [1.54, 1.807) is 23.5 Å². The highest BCUT2D eigenvalue weighted by atomic mass is 16.5. The zero-order valence-corrected chi connectivity index (χ0v) is 14.4. The predicted octanol–water partition coefficient (Wildman–Crippen LogP) is 1.57. The summed E-state index contributed by atoms with van der Waals surface area (Å²) in [6, 6.07) is 2.74. The van der Waals surface area contributed by atoms with Crippen molar-refractivity contribution >= 4 is 5.91 Å². The molecule has 3 aromatic rings. The second-order valence-corrected chi connectivity index (χ2v) is 6.41. The molecule has 3 aromatic heterocycles. The van der Waals surface area contributed by atoms with Crippen molar-refractivity contribution in [1.82, 2.24) is 25.0 Å². The van der Waals surface area contributed by atoms with Crippen molar-refractivity contribution in [3.63, 3.8) is 0 Å². The molecule has 27 heavy (non-hydrogen) atoms. The van der Waals surface area contributed by atoms with Crippen LogP contribution in [-0.2, 0) is 6.42 Å². The van der Waals surface area contributed by atoms with Crippen LogP contribution in [0.15, 0.2) is 50.7 Å². The van der Waals surface area contributed by atoms with E-state index in [1.165, 1.54) is 18.4 Å². The first-order valence-corrected chi connectivity index (χ1v) is 8.66. The number of likely N-dealkylation sites (tertiary alicyclic amines) is 1. The molecule has 0 radical (unpaired) electrons. The van der Waals surface area contributed by atoms with Crippen LogP contribution in [0.25, 0.3) is 11.5 Å². The Morgan fingerprint density at radius 3 is 3.00 bits per heavy atom. The smallest absolute Gasteiger partial charge is 0.335 e. The number of rotatable bonds is 4. The zero-order valence-electron chi connectivity index (χ0n) is 14.4. The number of hydrogen-bond donors (Lipinski definition) is 0. The van der Waals surface area contributed by atoms with Crippen molar-refractivity contribution in [2.45, 2.75) is 19.3 Å². The number of aromatic nitrogens is 4. The molecule has 0 N–H and O–H groups in total. The SMILES string of the molecule is O=C(c1ccc(=O)oc1)N1CCCC(Cc2nc(-c3cnccn3)no2)C1. The Hall–Kier alpha value is -3.36. The van der Waals surface area contributed by atoms with Gasteiger partial charge in [0.1, 0.15) is 12.0 Å². The van der Waals surface area contributed by atoms with Gasteiger partial charge in [-0.3, -0.25) is 9.78 Å². The maximum Gasteiger partial charge on any atom is 0.335 e. The Kier molecular flexibility index (Phi) is 4.73. The first-order chi connectivity index (χ1) is 13.2. The molecule has 1 unspecified atom stereocenters. The van der Waals surface area contributed by atoms with Gasteiger partial charge in [-0.25, -0.2) is 9.78 Å². The van der Waals surface area contributed by atoms with E-state index in [0.717, 1.165) is 12.8 Å². The van der Waals surface area contributed by atoms with E-state index in [2.05, 4.69) is 20.1 Å². The third kappa shape index (κ3) is 3.91. The molecule has 0 bridgehead atoms. The molecule has 1 aliphatic rings. The van der Waals surface area contributed by atoms with E-state index >= 15 is 0 Å². The van der Waals surface area contributed by atoms with Gasteiger partial charge >= 0.3 is 5.63 Å². The molecule has 4 heterocycles. The minimum Gasteiger partial charge on any atom is -0.430 e. The van der Waals surface area contributed by atoms with Gasteiger partial charge in [0.05, 0.1) is 11.8 Å². The summed E-state index contributed by atoms with van der Waals surface area (Å²) in [5.74, 6) is 0.990. The number of carbonyl (C=O) groups is 1. The summed E-state index contributed by atoms with van der Waals surface area (Å²) in [6.07, 6.45) is 8.38. The van der Waals surface area contributed by atoms with Crippen molar-refractivity contribution < 1.29 is 13.7 Å². The highest BCUT2D eigenvalue weighted by Crippen LogP contribution is 2.22. The fourth-order valence-electron chi connectivity index (χ4n) is 3.18. The average Bonchev–Trinajstić information content (AvgIpc) is 3.17. The molecule has 0 saturated carbocycles. The largest absolute Gasteiger partial charge is 0.430 e. The van der Waals surface area contributed by atoms with Gasteiger partial charge in [-0.15, -0.1) is 0 Å². The van der Waals surface area contributed by atoms with Crippen LogP contribution in [0.3, 0.4) is 0 Å². The van der Waals surface area contributed by atoms with Gasteiger partial charge in [-0.2, -0.15) is 4.98 Å². The third-order valence-corrected chi connectivity index (χ3v) is 4.48. The van der Waals surface area contributed by atoms with Crippen LogP contribution in [-0.4, -0.2) is 44.0 Å². The summed E-state index contributed by atoms with van der Waals surface area (Å²) < 4.78 is 10.1. The fourth-order valence-corrected chi connectivity index (χ4v) is 3.18. The molecule has 0 spiro atoms. The van der Waals surface area contributed by atoms with Gasteiger partial charge in [0.25, 0.3) is 5.91 Å². The van der Waals surface area contributed by atoms with Crippen LogP contribution in [0.1, 0.15) is 29.1 Å². The van der Waals surface area contributed by atoms with Gasteiger partial charge in [0, 0.05) is 38.0 Å². The number of piperidine rings is 1. The molecule has 1 saturated heterocycles. The third-order valence-electron chi connectivity index (χ3n) is 4.48. The molecular weight excluding hydrogens is 350 g/mol. The summed E-state index contributed by atoms with van der Waals surface area (Å²) in [6.45, 7) is 1.25. The molecule has 1 atom stereocenters. The summed E-state index contributed by atoms with van der Waals surface area (Å²) >= 11 is 0. The maximum absolute atomic E-state index is 12.6. The van der Waals surface area contributed by atoms with E-state index in [1.807, 2.05) is 0 Å². The molecule has 9 nitrogen and oxygen atoms in total. The molecule has 0 aliphatic carbocycles. The van der Waals surface area contributed by atoms with E-state index in [-0.39, 0.29) is 11.8 Å². The lowest BCUT2D eigenvalue weighted by Gasteiger charge is -2.32. The first-order valence-electron chi connectivity index (χ1n) is 8.66. The number of carbonyl (C=O) groups excluding carboxylic acids is 1. The second-order valence-electron chi connectivity index (χ2n) is 6.41. The molecular formula is C18H17N5O4. The molecule has 138 valence electrons. The Bertz CT molecular complexity index is 964. The monoisotopic (exact) mass is 367 g/mol. The van der Waals surface area contributed by atoms with Crippen molar-refractivity contribution in [2.24, 2.45) is 5.92 Å². The van der Waals surface area contributed by atoms with E-state index in [9.17, 15) is 9.59 Å². The molecule has 1 aliphatic heterocycles. The Labute approximate surface area is 154 Å². The van der Waals surface area contributed by atoms with E-state index in [0.29, 0.717) is 42.5 Å². The van der Waals surface area contributed by atoms with Crippen molar-refractivity contribution in [3.05, 3.63) is 58.9 Å². The van der Waals surface area contributed by atoms with Crippen LogP contribution < -0.4 is 5.63 Å². The van der Waals surface area contributed by atoms with Crippen LogP contribution >= 0.6 is 0 Å². The van der Waals surface area contributed by atoms with Crippen LogP contribution in [0.5, 0.6) is 0 Å². The normalized spacial score (nSPS) is 17.0. The minimum atomic E-state index is -0.474. The van der Waals surface area contributed by atoms with Gasteiger partial charge in [0.2, 0.25) is 11.7 Å². The lowest BCUT2D eigenvalue weighted by atomic mass is 9.94. The first kappa shape index (κ1) is 17.1. The average molecular weight is 367 g/mol. The predicted molar refractivity (Wildman–Crippen MR) is 92.6 cm³/mol. The van der Waals surface area contributed by atoms with E-state index < -0.39 is 5.63 Å². The zero-order chi connectivity index (χ0) is 18.6.